The highest BCUT2D eigenvalue weighted by Crippen LogP contribution is 2.08. The van der Waals surface area contributed by atoms with Crippen LogP contribution in [0.3, 0.4) is 0 Å². The van der Waals surface area contributed by atoms with Crippen LogP contribution in [0.25, 0.3) is 0 Å². The van der Waals surface area contributed by atoms with Crippen molar-refractivity contribution in [3.8, 4) is 0 Å². The van der Waals surface area contributed by atoms with E-state index in [1.165, 1.54) is 10.9 Å². The summed E-state index contributed by atoms with van der Waals surface area (Å²) in [6.07, 6.45) is 2.35. The molecule has 0 spiro atoms. The number of ether oxygens (including phenoxy) is 1. The first-order valence-corrected chi connectivity index (χ1v) is 4.29. The molecule has 0 aliphatic rings. The maximum atomic E-state index is 10.6. The highest BCUT2D eigenvalue weighted by Gasteiger charge is 2.12. The molecule has 0 radical (unpaired) electrons. The first-order valence-electron chi connectivity index (χ1n) is 4.29. The third-order valence-corrected chi connectivity index (χ3v) is 1.56. The topological polar surface area (TPSA) is 90.4 Å². The zero-order valence-corrected chi connectivity index (χ0v) is 7.93. The Balaban J connectivity index is 2.62. The summed E-state index contributed by atoms with van der Waals surface area (Å²) in [4.78, 5) is 10.6. The van der Waals surface area contributed by atoms with E-state index in [1.54, 1.807) is 0 Å². The van der Waals surface area contributed by atoms with Crippen LogP contribution in [-0.2, 0) is 11.5 Å². The van der Waals surface area contributed by atoms with Crippen molar-refractivity contribution in [3.63, 3.8) is 0 Å². The predicted molar refractivity (Wildman–Crippen MR) is 49.8 cm³/mol. The second kappa shape index (κ2) is 4.61. The lowest BCUT2D eigenvalue weighted by molar-refractivity contribution is 0.0646. The van der Waals surface area contributed by atoms with Gasteiger partial charge < -0.3 is 15.6 Å². The van der Waals surface area contributed by atoms with Crippen molar-refractivity contribution < 1.29 is 14.6 Å². The van der Waals surface area contributed by atoms with Crippen LogP contribution in [0.15, 0.2) is 6.20 Å². The minimum absolute atomic E-state index is 0.134. The number of aromatic nitrogens is 2. The standard InChI is InChI=1S/C8H13N3O3/c1-2-3-14-5-11-4-6(9)7(10-11)8(12)13/h4H,2-3,5,9H2,1H3,(H,12,13). The van der Waals surface area contributed by atoms with Crippen molar-refractivity contribution in [1.29, 1.82) is 0 Å². The summed E-state index contributed by atoms with van der Waals surface area (Å²) in [7, 11) is 0. The van der Waals surface area contributed by atoms with Gasteiger partial charge in [0.2, 0.25) is 0 Å². The summed E-state index contributed by atoms with van der Waals surface area (Å²) in [6.45, 7) is 2.83. The Labute approximate surface area is 81.3 Å². The van der Waals surface area contributed by atoms with Gasteiger partial charge in [0.25, 0.3) is 0 Å². The molecule has 0 aliphatic heterocycles. The third kappa shape index (κ3) is 2.46. The Bertz CT molecular complexity index is 322. The molecule has 6 nitrogen and oxygen atoms in total. The number of hydrogen-bond acceptors (Lipinski definition) is 4. The number of aromatic carboxylic acids is 1. The largest absolute Gasteiger partial charge is 0.476 e. The van der Waals surface area contributed by atoms with Crippen LogP contribution in [0, 0.1) is 0 Å². The summed E-state index contributed by atoms with van der Waals surface area (Å²) in [5.41, 5.74) is 5.44. The molecule has 0 aliphatic carbocycles. The van der Waals surface area contributed by atoms with Gasteiger partial charge in [-0.3, -0.25) is 0 Å². The van der Waals surface area contributed by atoms with Gasteiger partial charge >= 0.3 is 5.97 Å². The number of rotatable bonds is 5. The average molecular weight is 199 g/mol. The molecular formula is C8H13N3O3. The zero-order valence-electron chi connectivity index (χ0n) is 7.93. The molecule has 0 atom stereocenters. The highest BCUT2D eigenvalue weighted by molar-refractivity contribution is 5.90. The quantitative estimate of drug-likeness (QED) is 0.676. The summed E-state index contributed by atoms with van der Waals surface area (Å²) in [5, 5.41) is 12.4. The summed E-state index contributed by atoms with van der Waals surface area (Å²) < 4.78 is 6.54. The van der Waals surface area contributed by atoms with Crippen molar-refractivity contribution in [2.45, 2.75) is 20.1 Å². The van der Waals surface area contributed by atoms with E-state index in [0.717, 1.165) is 6.42 Å². The van der Waals surface area contributed by atoms with Gasteiger partial charge in [-0.05, 0) is 6.42 Å². The molecule has 6 heteroatoms. The molecule has 0 fully saturated rings. The van der Waals surface area contributed by atoms with Gasteiger partial charge in [0.15, 0.2) is 5.69 Å². The molecule has 1 aromatic rings. The predicted octanol–water partition coefficient (Wildman–Crippen LogP) is 0.548. The lowest BCUT2D eigenvalue weighted by Gasteiger charge is -2.00. The molecular weight excluding hydrogens is 186 g/mol. The van der Waals surface area contributed by atoms with Crippen LogP contribution in [-0.4, -0.2) is 27.5 Å². The smallest absolute Gasteiger partial charge is 0.358 e. The normalized spacial score (nSPS) is 10.4. The van der Waals surface area contributed by atoms with E-state index in [-0.39, 0.29) is 18.1 Å². The van der Waals surface area contributed by atoms with Gasteiger partial charge in [-0.1, -0.05) is 6.92 Å². The molecule has 1 heterocycles. The Hall–Kier alpha value is -1.56. The summed E-state index contributed by atoms with van der Waals surface area (Å²) in [6, 6.07) is 0. The fourth-order valence-corrected chi connectivity index (χ4v) is 0.972. The van der Waals surface area contributed by atoms with Crippen molar-refractivity contribution in [3.05, 3.63) is 11.9 Å². The Morgan fingerprint density at radius 1 is 1.79 bits per heavy atom. The van der Waals surface area contributed by atoms with E-state index < -0.39 is 5.97 Å². The minimum atomic E-state index is -1.13. The van der Waals surface area contributed by atoms with E-state index in [1.807, 2.05) is 6.92 Å². The van der Waals surface area contributed by atoms with Gasteiger partial charge in [-0.2, -0.15) is 5.10 Å². The van der Waals surface area contributed by atoms with Gasteiger partial charge in [0.05, 0.1) is 11.9 Å². The van der Waals surface area contributed by atoms with Crippen molar-refractivity contribution in [2.24, 2.45) is 0 Å². The van der Waals surface area contributed by atoms with Crippen LogP contribution < -0.4 is 5.73 Å². The van der Waals surface area contributed by atoms with Gasteiger partial charge in [-0.25, -0.2) is 9.48 Å². The maximum Gasteiger partial charge on any atom is 0.358 e. The van der Waals surface area contributed by atoms with Crippen LogP contribution in [0.4, 0.5) is 5.69 Å². The van der Waals surface area contributed by atoms with Crippen molar-refractivity contribution in [2.75, 3.05) is 12.3 Å². The van der Waals surface area contributed by atoms with Crippen LogP contribution in [0.1, 0.15) is 23.8 Å². The molecule has 1 aromatic heterocycles. The first kappa shape index (κ1) is 10.5. The third-order valence-electron chi connectivity index (χ3n) is 1.56. The molecule has 0 aromatic carbocycles. The lowest BCUT2D eigenvalue weighted by Crippen LogP contribution is -2.06. The van der Waals surface area contributed by atoms with Crippen molar-refractivity contribution >= 4 is 11.7 Å². The minimum Gasteiger partial charge on any atom is -0.476 e. The Kier molecular flexibility index (Phi) is 3.47. The number of nitrogen functional groups attached to an aromatic ring is 1. The fourth-order valence-electron chi connectivity index (χ4n) is 0.972. The van der Waals surface area contributed by atoms with E-state index in [9.17, 15) is 4.79 Å². The van der Waals surface area contributed by atoms with E-state index in [4.69, 9.17) is 15.6 Å². The average Bonchev–Trinajstić information content (AvgIpc) is 2.47. The molecule has 14 heavy (non-hydrogen) atoms. The number of carbonyl (C=O) groups is 1. The summed E-state index contributed by atoms with van der Waals surface area (Å²) >= 11 is 0. The number of hydrogen-bond donors (Lipinski definition) is 2. The highest BCUT2D eigenvalue weighted by atomic mass is 16.5. The summed E-state index contributed by atoms with van der Waals surface area (Å²) in [5.74, 6) is -1.13. The number of carboxylic acid groups (broad SMARTS) is 1. The molecule has 0 amide bonds. The van der Waals surface area contributed by atoms with Crippen LogP contribution in [0.5, 0.6) is 0 Å². The van der Waals surface area contributed by atoms with E-state index >= 15 is 0 Å². The Morgan fingerprint density at radius 2 is 2.50 bits per heavy atom. The number of nitrogens with zero attached hydrogens (tertiary/aromatic N) is 2. The fraction of sp³-hybridized carbons (Fsp3) is 0.500. The van der Waals surface area contributed by atoms with Crippen LogP contribution >= 0.6 is 0 Å². The van der Waals surface area contributed by atoms with E-state index in [2.05, 4.69) is 5.10 Å². The zero-order chi connectivity index (χ0) is 10.6. The number of carboxylic acids is 1. The first-order chi connectivity index (χ1) is 6.65. The Morgan fingerprint density at radius 3 is 3.00 bits per heavy atom. The van der Waals surface area contributed by atoms with Gasteiger partial charge in [0.1, 0.15) is 6.73 Å². The second-order valence-corrected chi connectivity index (χ2v) is 2.82. The molecule has 1 rings (SSSR count). The SMILES string of the molecule is CCCOCn1cc(N)c(C(=O)O)n1. The van der Waals surface area contributed by atoms with Crippen LogP contribution in [0.2, 0.25) is 0 Å². The number of anilines is 1. The molecule has 78 valence electrons. The van der Waals surface area contributed by atoms with Crippen molar-refractivity contribution in [1.82, 2.24) is 9.78 Å². The second-order valence-electron chi connectivity index (χ2n) is 2.82. The molecule has 0 bridgehead atoms. The molecule has 0 saturated heterocycles. The maximum absolute atomic E-state index is 10.6. The molecule has 3 N–H and O–H groups in total. The monoisotopic (exact) mass is 199 g/mol. The number of nitrogens with two attached hydrogens (primary N) is 1. The van der Waals surface area contributed by atoms with Gasteiger partial charge in [0, 0.05) is 6.61 Å². The van der Waals surface area contributed by atoms with Gasteiger partial charge in [-0.15, -0.1) is 0 Å². The van der Waals surface area contributed by atoms with E-state index in [0.29, 0.717) is 6.61 Å². The molecule has 0 saturated carbocycles. The lowest BCUT2D eigenvalue weighted by atomic mass is 10.4. The molecule has 0 unspecified atom stereocenters.